The number of nitrogens with zero attached hydrogens (tertiary/aromatic N) is 2. The highest BCUT2D eigenvalue weighted by atomic mass is 16.3. The van der Waals surface area contributed by atoms with Crippen molar-refractivity contribution in [3.8, 4) is 0 Å². The third kappa shape index (κ3) is 4.99. The zero-order valence-corrected chi connectivity index (χ0v) is 13.2. The topological polar surface area (TPSA) is 41.3 Å². The Morgan fingerprint density at radius 2 is 2.10 bits per heavy atom. The lowest BCUT2D eigenvalue weighted by Crippen LogP contribution is -2.20. The van der Waals surface area contributed by atoms with Crippen LogP contribution in [0.5, 0.6) is 0 Å². The fourth-order valence-corrected chi connectivity index (χ4v) is 2.33. The van der Waals surface area contributed by atoms with Crippen molar-refractivity contribution in [3.63, 3.8) is 0 Å². The Balaban J connectivity index is 1.90. The first-order valence-electron chi connectivity index (χ1n) is 7.56. The van der Waals surface area contributed by atoms with Crippen molar-refractivity contribution in [2.75, 3.05) is 13.6 Å². The van der Waals surface area contributed by atoms with Crippen molar-refractivity contribution in [1.82, 2.24) is 15.2 Å². The van der Waals surface area contributed by atoms with Gasteiger partial charge in [0.2, 0.25) is 0 Å². The molecule has 2 aromatic heterocycles. The number of nitrogens with one attached hydrogen (secondary N) is 1. The minimum atomic E-state index is 0.797. The quantitative estimate of drug-likeness (QED) is 0.757. The second-order valence-corrected chi connectivity index (χ2v) is 5.49. The highest BCUT2D eigenvalue weighted by Gasteiger charge is 2.10. The van der Waals surface area contributed by atoms with E-state index >= 15 is 0 Å². The van der Waals surface area contributed by atoms with Crippen LogP contribution in [-0.2, 0) is 19.6 Å². The number of pyridine rings is 1. The maximum Gasteiger partial charge on any atom is 0.122 e. The van der Waals surface area contributed by atoms with E-state index in [4.69, 9.17) is 4.42 Å². The van der Waals surface area contributed by atoms with Gasteiger partial charge in [-0.05, 0) is 45.1 Å². The largest absolute Gasteiger partial charge is 0.468 e. The van der Waals surface area contributed by atoms with Gasteiger partial charge in [0.1, 0.15) is 5.76 Å². The van der Waals surface area contributed by atoms with Crippen LogP contribution < -0.4 is 5.32 Å². The third-order valence-corrected chi connectivity index (χ3v) is 3.37. The van der Waals surface area contributed by atoms with E-state index in [1.54, 1.807) is 6.26 Å². The maximum atomic E-state index is 5.63. The number of aromatic nitrogens is 1. The molecule has 0 radical (unpaired) electrons. The fourth-order valence-electron chi connectivity index (χ4n) is 2.33. The zero-order valence-electron chi connectivity index (χ0n) is 13.2. The number of hydrogen-bond acceptors (Lipinski definition) is 4. The summed E-state index contributed by atoms with van der Waals surface area (Å²) in [6, 6.07) is 8.19. The van der Waals surface area contributed by atoms with Gasteiger partial charge < -0.3 is 9.73 Å². The number of rotatable bonds is 8. The minimum absolute atomic E-state index is 0.797. The molecule has 2 aromatic rings. The zero-order chi connectivity index (χ0) is 15.1. The summed E-state index contributed by atoms with van der Waals surface area (Å²) in [7, 11) is 2.09. The molecule has 4 nitrogen and oxygen atoms in total. The molecule has 0 amide bonds. The van der Waals surface area contributed by atoms with Gasteiger partial charge in [0.05, 0.1) is 18.5 Å². The first-order chi connectivity index (χ1) is 10.2. The van der Waals surface area contributed by atoms with E-state index in [1.807, 2.05) is 13.0 Å². The molecule has 0 saturated heterocycles. The molecule has 0 aliphatic rings. The van der Waals surface area contributed by atoms with E-state index in [9.17, 15) is 0 Å². The van der Waals surface area contributed by atoms with Crippen LogP contribution in [0.15, 0.2) is 34.9 Å². The van der Waals surface area contributed by atoms with Crippen LogP contribution in [0.3, 0.4) is 0 Å². The number of furan rings is 1. The molecular weight excluding hydrogens is 262 g/mol. The van der Waals surface area contributed by atoms with Gasteiger partial charge in [-0.3, -0.25) is 9.88 Å². The molecule has 0 fully saturated rings. The van der Waals surface area contributed by atoms with Gasteiger partial charge in [-0.1, -0.05) is 13.0 Å². The lowest BCUT2D eigenvalue weighted by Gasteiger charge is -2.16. The van der Waals surface area contributed by atoms with Crippen molar-refractivity contribution in [2.24, 2.45) is 0 Å². The molecule has 0 aliphatic heterocycles. The summed E-state index contributed by atoms with van der Waals surface area (Å²) in [6.07, 6.45) is 2.92. The first-order valence-corrected chi connectivity index (χ1v) is 7.56. The van der Waals surface area contributed by atoms with Crippen molar-refractivity contribution in [3.05, 3.63) is 53.2 Å². The molecule has 4 heteroatoms. The Labute approximate surface area is 127 Å². The average Bonchev–Trinajstić information content (AvgIpc) is 2.86. The summed E-state index contributed by atoms with van der Waals surface area (Å²) < 4.78 is 5.63. The molecular formula is C17H25N3O. The average molecular weight is 287 g/mol. The minimum Gasteiger partial charge on any atom is -0.468 e. The monoisotopic (exact) mass is 287 g/mol. The van der Waals surface area contributed by atoms with Gasteiger partial charge in [0, 0.05) is 24.3 Å². The van der Waals surface area contributed by atoms with Crippen molar-refractivity contribution >= 4 is 0 Å². The van der Waals surface area contributed by atoms with Crippen LogP contribution in [0.2, 0.25) is 0 Å². The highest BCUT2D eigenvalue weighted by Crippen LogP contribution is 2.14. The Morgan fingerprint density at radius 1 is 1.24 bits per heavy atom. The highest BCUT2D eigenvalue weighted by molar-refractivity contribution is 5.17. The van der Waals surface area contributed by atoms with Crippen LogP contribution in [0.25, 0.3) is 0 Å². The number of hydrogen-bond donors (Lipinski definition) is 1. The van der Waals surface area contributed by atoms with Crippen LogP contribution in [-0.4, -0.2) is 23.5 Å². The molecule has 0 aromatic carbocycles. The number of aryl methyl sites for hydroxylation is 1. The van der Waals surface area contributed by atoms with Crippen LogP contribution >= 0.6 is 0 Å². The van der Waals surface area contributed by atoms with Crippen molar-refractivity contribution in [2.45, 2.75) is 39.9 Å². The Bertz CT molecular complexity index is 550. The molecule has 0 atom stereocenters. The summed E-state index contributed by atoms with van der Waals surface area (Å²) in [6.45, 7) is 7.72. The molecule has 21 heavy (non-hydrogen) atoms. The van der Waals surface area contributed by atoms with Crippen LogP contribution in [0, 0.1) is 6.92 Å². The van der Waals surface area contributed by atoms with E-state index in [2.05, 4.69) is 47.4 Å². The van der Waals surface area contributed by atoms with E-state index in [0.29, 0.717) is 0 Å². The smallest absolute Gasteiger partial charge is 0.122 e. The predicted molar refractivity (Wildman–Crippen MR) is 84.9 cm³/mol. The van der Waals surface area contributed by atoms with E-state index in [0.717, 1.165) is 49.7 Å². The van der Waals surface area contributed by atoms with E-state index < -0.39 is 0 Å². The summed E-state index contributed by atoms with van der Waals surface area (Å²) in [5, 5.41) is 3.42. The summed E-state index contributed by atoms with van der Waals surface area (Å²) in [4.78, 5) is 6.77. The predicted octanol–water partition coefficient (Wildman–Crippen LogP) is 3.11. The van der Waals surface area contributed by atoms with E-state index in [1.165, 1.54) is 5.56 Å². The van der Waals surface area contributed by atoms with Gasteiger partial charge in [0.15, 0.2) is 0 Å². The van der Waals surface area contributed by atoms with Crippen LogP contribution in [0.4, 0.5) is 0 Å². The third-order valence-electron chi connectivity index (χ3n) is 3.37. The molecule has 2 rings (SSSR count). The molecule has 0 spiro atoms. The van der Waals surface area contributed by atoms with Gasteiger partial charge in [-0.2, -0.15) is 0 Å². The molecule has 2 heterocycles. The second kappa shape index (κ2) is 7.96. The van der Waals surface area contributed by atoms with Gasteiger partial charge in [-0.25, -0.2) is 0 Å². The fraction of sp³-hybridized carbons (Fsp3) is 0.471. The van der Waals surface area contributed by atoms with Gasteiger partial charge >= 0.3 is 0 Å². The molecule has 1 N–H and O–H groups in total. The second-order valence-electron chi connectivity index (χ2n) is 5.49. The summed E-state index contributed by atoms with van der Waals surface area (Å²) in [5.41, 5.74) is 3.39. The molecule has 114 valence electrons. The Morgan fingerprint density at radius 3 is 2.86 bits per heavy atom. The maximum absolute atomic E-state index is 5.63. The van der Waals surface area contributed by atoms with Gasteiger partial charge in [-0.15, -0.1) is 0 Å². The lowest BCUT2D eigenvalue weighted by atomic mass is 10.2. The van der Waals surface area contributed by atoms with Crippen molar-refractivity contribution < 1.29 is 4.42 Å². The SMILES string of the molecule is CCCNCc1ccoc1CN(C)Cc1cccc(C)n1. The molecule has 0 aliphatic carbocycles. The summed E-state index contributed by atoms with van der Waals surface area (Å²) in [5.74, 6) is 1.04. The lowest BCUT2D eigenvalue weighted by molar-refractivity contribution is 0.282. The molecule has 0 saturated carbocycles. The standard InChI is InChI=1S/C17H25N3O/c1-4-9-18-11-15-8-10-21-17(15)13-20(3)12-16-7-5-6-14(2)19-16/h5-8,10,18H,4,9,11-13H2,1-3H3. The van der Waals surface area contributed by atoms with Crippen molar-refractivity contribution in [1.29, 1.82) is 0 Å². The van der Waals surface area contributed by atoms with E-state index in [-0.39, 0.29) is 0 Å². The normalized spacial score (nSPS) is 11.2. The molecule has 0 unspecified atom stereocenters. The Hall–Kier alpha value is -1.65. The van der Waals surface area contributed by atoms with Gasteiger partial charge in [0.25, 0.3) is 0 Å². The van der Waals surface area contributed by atoms with Crippen LogP contribution in [0.1, 0.15) is 36.1 Å². The summed E-state index contributed by atoms with van der Waals surface area (Å²) >= 11 is 0. The molecule has 0 bridgehead atoms. The Kier molecular flexibility index (Phi) is 5.96. The first kappa shape index (κ1) is 15.7.